The highest BCUT2D eigenvalue weighted by molar-refractivity contribution is 5.94. The number of carbonyl (C=O) groups is 1. The first-order chi connectivity index (χ1) is 26.3. The van der Waals surface area contributed by atoms with E-state index in [0.29, 0.717) is 5.56 Å². The third kappa shape index (κ3) is 6.63. The van der Waals surface area contributed by atoms with Gasteiger partial charge in [0.15, 0.2) is 5.78 Å². The molecule has 0 spiro atoms. The summed E-state index contributed by atoms with van der Waals surface area (Å²) in [7, 11) is 0. The van der Waals surface area contributed by atoms with E-state index in [-0.39, 0.29) is 28.8 Å². The van der Waals surface area contributed by atoms with Crippen LogP contribution in [0.1, 0.15) is 88.1 Å². The Morgan fingerprint density at radius 1 is 0.309 bits per heavy atom. The molecule has 0 aliphatic rings. The molecule has 0 saturated heterocycles. The number of phenolic OH excluding ortho intramolecular Hbond substituents is 4. The van der Waals surface area contributed by atoms with Crippen molar-refractivity contribution in [1.29, 1.82) is 0 Å². The van der Waals surface area contributed by atoms with Gasteiger partial charge in [0, 0.05) is 21.8 Å². The monoisotopic (exact) mass is 724 g/mol. The van der Waals surface area contributed by atoms with Crippen molar-refractivity contribution in [2.75, 3.05) is 0 Å². The van der Waals surface area contributed by atoms with E-state index in [4.69, 9.17) is 0 Å². The lowest BCUT2D eigenvalue weighted by Crippen LogP contribution is -2.28. The lowest BCUT2D eigenvalue weighted by Gasteiger charge is -2.36. The van der Waals surface area contributed by atoms with Crippen molar-refractivity contribution < 1.29 is 25.2 Å². The summed E-state index contributed by atoms with van der Waals surface area (Å²) in [5, 5.41) is 40.5. The first kappa shape index (κ1) is 36.8. The van der Waals surface area contributed by atoms with Crippen LogP contribution in [-0.2, 0) is 16.2 Å². The minimum atomic E-state index is -0.632. The van der Waals surface area contributed by atoms with E-state index in [0.717, 1.165) is 50.1 Å². The summed E-state index contributed by atoms with van der Waals surface area (Å²) >= 11 is 0. The number of carbonyl (C=O) groups excluding carboxylic acids is 1. The van der Waals surface area contributed by atoms with Gasteiger partial charge in [-0.25, -0.2) is 0 Å². The molecule has 0 amide bonds. The SMILES string of the molecule is CC(=O)c1ccc(C(C)(c2ccc(C(C)(c3ccc(O)cc3)c3ccc(O)cc3)cc2)c2ccc(C(C)(c3ccc(O)cc3)c3ccc(O)cc3)cc2)cc1. The van der Waals surface area contributed by atoms with Gasteiger partial charge < -0.3 is 20.4 Å². The highest BCUT2D eigenvalue weighted by atomic mass is 16.3. The van der Waals surface area contributed by atoms with E-state index in [1.165, 1.54) is 0 Å². The molecule has 0 atom stereocenters. The van der Waals surface area contributed by atoms with Gasteiger partial charge in [-0.3, -0.25) is 4.79 Å². The van der Waals surface area contributed by atoms with Gasteiger partial charge in [0.05, 0.1) is 0 Å². The first-order valence-corrected chi connectivity index (χ1v) is 18.3. The van der Waals surface area contributed by atoms with E-state index < -0.39 is 16.2 Å². The Morgan fingerprint density at radius 3 is 0.618 bits per heavy atom. The highest BCUT2D eigenvalue weighted by Crippen LogP contribution is 2.45. The van der Waals surface area contributed by atoms with Crippen LogP contribution in [0.2, 0.25) is 0 Å². The third-order valence-corrected chi connectivity index (χ3v) is 11.7. The predicted molar refractivity (Wildman–Crippen MR) is 218 cm³/mol. The molecule has 7 aromatic carbocycles. The number of ketones is 1. The molecule has 5 heteroatoms. The topological polar surface area (TPSA) is 98.0 Å². The highest BCUT2D eigenvalue weighted by Gasteiger charge is 2.36. The number of benzene rings is 7. The van der Waals surface area contributed by atoms with Crippen LogP contribution < -0.4 is 0 Å². The second-order valence-corrected chi connectivity index (χ2v) is 14.9. The van der Waals surface area contributed by atoms with Crippen molar-refractivity contribution in [3.05, 3.63) is 225 Å². The Hall–Kier alpha value is -6.59. The van der Waals surface area contributed by atoms with Gasteiger partial charge in [0.2, 0.25) is 0 Å². The van der Waals surface area contributed by atoms with Crippen molar-refractivity contribution in [2.45, 2.75) is 43.9 Å². The molecule has 0 radical (unpaired) electrons. The third-order valence-electron chi connectivity index (χ3n) is 11.7. The lowest BCUT2D eigenvalue weighted by molar-refractivity contribution is 0.101. The molecule has 0 heterocycles. The van der Waals surface area contributed by atoms with Crippen LogP contribution in [0.3, 0.4) is 0 Å². The second-order valence-electron chi connectivity index (χ2n) is 14.9. The van der Waals surface area contributed by atoms with Gasteiger partial charge in [-0.15, -0.1) is 0 Å². The average molecular weight is 725 g/mol. The van der Waals surface area contributed by atoms with Crippen LogP contribution >= 0.6 is 0 Å². The van der Waals surface area contributed by atoms with Gasteiger partial charge in [0.1, 0.15) is 23.0 Å². The molecule has 55 heavy (non-hydrogen) atoms. The van der Waals surface area contributed by atoms with Crippen LogP contribution in [0.5, 0.6) is 23.0 Å². The van der Waals surface area contributed by atoms with Gasteiger partial charge in [-0.1, -0.05) is 121 Å². The lowest BCUT2D eigenvalue weighted by atomic mass is 9.67. The first-order valence-electron chi connectivity index (χ1n) is 18.3. The average Bonchev–Trinajstić information content (AvgIpc) is 3.21. The fourth-order valence-corrected chi connectivity index (χ4v) is 7.99. The molecular formula is C50H44O5. The van der Waals surface area contributed by atoms with Crippen LogP contribution in [0.15, 0.2) is 170 Å². The fraction of sp³-hybridized carbons (Fsp3) is 0.140. The maximum Gasteiger partial charge on any atom is 0.159 e. The van der Waals surface area contributed by atoms with E-state index in [9.17, 15) is 25.2 Å². The Bertz CT molecular complexity index is 2180. The quantitative estimate of drug-likeness (QED) is 0.0832. The van der Waals surface area contributed by atoms with E-state index in [2.05, 4.69) is 69.3 Å². The molecule has 0 aliphatic heterocycles. The van der Waals surface area contributed by atoms with E-state index in [1.54, 1.807) is 55.5 Å². The maximum atomic E-state index is 12.3. The molecule has 5 nitrogen and oxygen atoms in total. The minimum absolute atomic E-state index is 0.00690. The zero-order valence-electron chi connectivity index (χ0n) is 31.4. The van der Waals surface area contributed by atoms with Crippen molar-refractivity contribution in [3.8, 4) is 23.0 Å². The molecule has 0 unspecified atom stereocenters. The molecule has 0 fully saturated rings. The Labute approximate surface area is 322 Å². The smallest absolute Gasteiger partial charge is 0.159 e. The van der Waals surface area contributed by atoms with Crippen LogP contribution in [0.4, 0.5) is 0 Å². The zero-order chi connectivity index (χ0) is 39.0. The minimum Gasteiger partial charge on any atom is -0.508 e. The van der Waals surface area contributed by atoms with Crippen molar-refractivity contribution >= 4 is 5.78 Å². The largest absolute Gasteiger partial charge is 0.508 e. The molecule has 0 aromatic heterocycles. The van der Waals surface area contributed by atoms with E-state index >= 15 is 0 Å². The molecular weight excluding hydrogens is 681 g/mol. The molecule has 4 N–H and O–H groups in total. The Kier molecular flexibility index (Phi) is 9.58. The van der Waals surface area contributed by atoms with E-state index in [1.807, 2.05) is 72.8 Å². The number of Topliss-reactive ketones (excluding diaryl/α,β-unsaturated/α-hetero) is 1. The van der Waals surface area contributed by atoms with Gasteiger partial charge in [0.25, 0.3) is 0 Å². The number of phenols is 4. The normalized spacial score (nSPS) is 12.0. The molecule has 7 rings (SSSR count). The van der Waals surface area contributed by atoms with Gasteiger partial charge in [-0.05, 0) is 126 Å². The van der Waals surface area contributed by atoms with Crippen LogP contribution in [-0.4, -0.2) is 26.2 Å². The second kappa shape index (κ2) is 14.3. The summed E-state index contributed by atoms with van der Waals surface area (Å²) in [6, 6.07) is 54.1. The number of aromatic hydroxyl groups is 4. The summed E-state index contributed by atoms with van der Waals surface area (Å²) in [6.45, 7) is 8.08. The zero-order valence-corrected chi connectivity index (χ0v) is 31.4. The number of hydrogen-bond acceptors (Lipinski definition) is 5. The Balaban J connectivity index is 1.36. The molecule has 0 aliphatic carbocycles. The van der Waals surface area contributed by atoms with Gasteiger partial charge >= 0.3 is 0 Å². The molecule has 0 saturated carbocycles. The van der Waals surface area contributed by atoms with Crippen molar-refractivity contribution in [2.24, 2.45) is 0 Å². The fourth-order valence-electron chi connectivity index (χ4n) is 7.99. The van der Waals surface area contributed by atoms with Crippen molar-refractivity contribution in [1.82, 2.24) is 0 Å². The van der Waals surface area contributed by atoms with Gasteiger partial charge in [-0.2, -0.15) is 0 Å². The predicted octanol–water partition coefficient (Wildman–Crippen LogP) is 10.8. The Morgan fingerprint density at radius 2 is 0.455 bits per heavy atom. The van der Waals surface area contributed by atoms with Crippen LogP contribution in [0.25, 0.3) is 0 Å². The standard InChI is InChI=1S/C50H44O5/c1-33(51)34-5-7-35(8-6-34)48(2,36-9-13-38(14-10-36)49(3,40-17-25-44(52)26-18-40)41-19-27-45(53)28-20-41)37-11-15-39(16-12-37)50(4,42-21-29-46(54)30-22-42)43-23-31-47(55)32-24-43/h5-32,52-55H,1-4H3. The van der Waals surface area contributed by atoms with Crippen molar-refractivity contribution in [3.63, 3.8) is 0 Å². The summed E-state index contributed by atoms with van der Waals surface area (Å²) in [5.41, 5.74) is 7.99. The summed E-state index contributed by atoms with van der Waals surface area (Å²) in [6.07, 6.45) is 0. The maximum absolute atomic E-state index is 12.3. The van der Waals surface area contributed by atoms with Crippen LogP contribution in [0, 0.1) is 0 Å². The summed E-state index contributed by atoms with van der Waals surface area (Å²) < 4.78 is 0. The molecule has 7 aromatic rings. The summed E-state index contributed by atoms with van der Waals surface area (Å²) in [4.78, 5) is 12.3. The summed E-state index contributed by atoms with van der Waals surface area (Å²) in [5.74, 6) is 0.771. The molecule has 0 bridgehead atoms. The number of hydrogen-bond donors (Lipinski definition) is 4. The molecule has 274 valence electrons. The number of rotatable bonds is 10.